The molecule has 0 saturated carbocycles. The summed E-state index contributed by atoms with van der Waals surface area (Å²) in [5.74, 6) is 1.69. The summed E-state index contributed by atoms with van der Waals surface area (Å²) in [6.07, 6.45) is 0. The van der Waals surface area contributed by atoms with E-state index in [0.717, 1.165) is 83.2 Å². The first kappa shape index (κ1) is 38.3. The van der Waals surface area contributed by atoms with Crippen LogP contribution in [0, 0.1) is 22.7 Å². The molecule has 7 heteroatoms. The van der Waals surface area contributed by atoms with Crippen molar-refractivity contribution in [2.45, 2.75) is 0 Å². The summed E-state index contributed by atoms with van der Waals surface area (Å²) in [5.41, 5.74) is 13.5. The van der Waals surface area contributed by atoms with Crippen molar-refractivity contribution in [3.05, 3.63) is 223 Å². The Labute approximate surface area is 380 Å². The zero-order valence-corrected chi connectivity index (χ0v) is 35.3. The molecule has 66 heavy (non-hydrogen) atoms. The molecule has 9 aromatic carbocycles. The van der Waals surface area contributed by atoms with Crippen LogP contribution in [0.3, 0.4) is 0 Å². The molecule has 0 aliphatic heterocycles. The smallest absolute Gasteiger partial charge is 0.166 e. The maximum Gasteiger partial charge on any atom is 0.166 e. The second-order valence-corrected chi connectivity index (χ2v) is 16.3. The zero-order valence-electron chi connectivity index (χ0n) is 35.3. The van der Waals surface area contributed by atoms with Crippen LogP contribution in [0.25, 0.3) is 111 Å². The van der Waals surface area contributed by atoms with Crippen molar-refractivity contribution in [3.63, 3.8) is 0 Å². The molecule has 3 aromatic heterocycles. The number of hydrogen-bond donors (Lipinski definition) is 0. The molecule has 306 valence electrons. The molecule has 3 heterocycles. The number of nitrogens with zero attached hydrogens (tertiary/aromatic N) is 7. The average Bonchev–Trinajstić information content (AvgIpc) is 3.91. The van der Waals surface area contributed by atoms with E-state index in [1.807, 2.05) is 66.7 Å². The van der Waals surface area contributed by atoms with Gasteiger partial charge in [-0.05, 0) is 89.0 Å². The molecule has 0 aliphatic rings. The molecule has 0 aliphatic carbocycles. The number of hydrogen-bond acceptors (Lipinski definition) is 5. The molecule has 0 radical (unpaired) electrons. The van der Waals surface area contributed by atoms with E-state index in [1.165, 1.54) is 10.8 Å². The monoisotopic (exact) mass is 841 g/mol. The fraction of sp³-hybridized carbons (Fsp3) is 0. The van der Waals surface area contributed by atoms with Gasteiger partial charge in [0, 0.05) is 43.9 Å². The summed E-state index contributed by atoms with van der Waals surface area (Å²) < 4.78 is 4.64. The van der Waals surface area contributed by atoms with Crippen LogP contribution in [0.15, 0.2) is 212 Å². The van der Waals surface area contributed by atoms with Gasteiger partial charge < -0.3 is 9.13 Å². The molecular formula is C59H35N7. The topological polar surface area (TPSA) is 96.1 Å². The van der Waals surface area contributed by atoms with E-state index in [2.05, 4.69) is 155 Å². The molecule has 0 amide bonds. The Balaban J connectivity index is 1.13. The van der Waals surface area contributed by atoms with Crippen molar-refractivity contribution >= 4 is 43.6 Å². The van der Waals surface area contributed by atoms with Crippen molar-refractivity contribution in [2.75, 3.05) is 0 Å². The summed E-state index contributed by atoms with van der Waals surface area (Å²) in [7, 11) is 0. The number of benzene rings is 9. The fourth-order valence-electron chi connectivity index (χ4n) is 9.38. The lowest BCUT2D eigenvalue weighted by atomic mass is 9.97. The van der Waals surface area contributed by atoms with Crippen molar-refractivity contribution in [1.29, 1.82) is 10.5 Å². The average molecular weight is 842 g/mol. The van der Waals surface area contributed by atoms with Gasteiger partial charge in [-0.15, -0.1) is 0 Å². The Morgan fingerprint density at radius 1 is 0.333 bits per heavy atom. The van der Waals surface area contributed by atoms with Crippen LogP contribution in [-0.2, 0) is 0 Å². The molecule has 0 spiro atoms. The minimum Gasteiger partial charge on any atom is -0.309 e. The minimum atomic E-state index is 0.451. The highest BCUT2D eigenvalue weighted by atomic mass is 15.1. The van der Waals surface area contributed by atoms with Crippen LogP contribution in [-0.4, -0.2) is 24.1 Å². The normalized spacial score (nSPS) is 11.3. The third-order valence-corrected chi connectivity index (χ3v) is 12.5. The number of aromatic nitrogens is 5. The van der Waals surface area contributed by atoms with Gasteiger partial charge in [0.1, 0.15) is 0 Å². The molecule has 0 N–H and O–H groups in total. The largest absolute Gasteiger partial charge is 0.309 e. The van der Waals surface area contributed by atoms with Crippen molar-refractivity contribution in [2.24, 2.45) is 0 Å². The Morgan fingerprint density at radius 2 is 0.879 bits per heavy atom. The number of nitriles is 2. The second-order valence-electron chi connectivity index (χ2n) is 16.3. The quantitative estimate of drug-likeness (QED) is 0.159. The van der Waals surface area contributed by atoms with Gasteiger partial charge in [0.05, 0.1) is 51.0 Å². The Bertz CT molecular complexity index is 3890. The Kier molecular flexibility index (Phi) is 9.12. The van der Waals surface area contributed by atoms with Crippen LogP contribution in [0.2, 0.25) is 0 Å². The van der Waals surface area contributed by atoms with Gasteiger partial charge in [-0.1, -0.05) is 146 Å². The molecule has 7 nitrogen and oxygen atoms in total. The fourth-order valence-corrected chi connectivity index (χ4v) is 9.38. The van der Waals surface area contributed by atoms with Gasteiger partial charge in [0.15, 0.2) is 17.5 Å². The number of rotatable bonds is 7. The van der Waals surface area contributed by atoms with Crippen LogP contribution >= 0.6 is 0 Å². The summed E-state index contributed by atoms with van der Waals surface area (Å²) in [4.78, 5) is 15.6. The molecule has 0 bridgehead atoms. The van der Waals surface area contributed by atoms with Gasteiger partial charge in [0.2, 0.25) is 0 Å². The van der Waals surface area contributed by atoms with Crippen molar-refractivity contribution in [1.82, 2.24) is 24.1 Å². The van der Waals surface area contributed by atoms with E-state index in [1.54, 1.807) is 12.1 Å². The van der Waals surface area contributed by atoms with Crippen LogP contribution in [0.1, 0.15) is 11.1 Å². The summed E-state index contributed by atoms with van der Waals surface area (Å²) in [5, 5.41) is 24.2. The highest BCUT2D eigenvalue weighted by molar-refractivity contribution is 6.12. The first-order chi connectivity index (χ1) is 32.6. The highest BCUT2D eigenvalue weighted by Gasteiger charge is 2.22. The third-order valence-electron chi connectivity index (χ3n) is 12.5. The summed E-state index contributed by atoms with van der Waals surface area (Å²) in [6, 6.07) is 77.0. The summed E-state index contributed by atoms with van der Waals surface area (Å²) >= 11 is 0. The van der Waals surface area contributed by atoms with Gasteiger partial charge in [-0.3, -0.25) is 0 Å². The zero-order chi connectivity index (χ0) is 44.1. The molecule has 0 fully saturated rings. The van der Waals surface area contributed by atoms with Gasteiger partial charge in [0.25, 0.3) is 0 Å². The summed E-state index contributed by atoms with van der Waals surface area (Å²) in [6.45, 7) is 0. The van der Waals surface area contributed by atoms with E-state index in [9.17, 15) is 10.5 Å². The number of fused-ring (bicyclic) bond motifs is 6. The maximum absolute atomic E-state index is 10.1. The standard InChI is InChI=1S/C59H35N7/c60-36-38-24-28-46(44(32-38)37-61)43-27-31-54-50(34-43)48-21-11-13-23-53(48)66(54)55-30-26-41(42-25-29-49-47-20-10-12-22-52(47)65(56(49)35-42)45-18-8-3-9-19-45)33-51(55)59-63-57(39-14-4-1-5-15-39)62-58(64-59)40-16-6-2-7-17-40/h1-35H. The number of para-hydroxylation sites is 3. The highest BCUT2D eigenvalue weighted by Crippen LogP contribution is 2.41. The lowest BCUT2D eigenvalue weighted by Gasteiger charge is -2.17. The van der Waals surface area contributed by atoms with Crippen LogP contribution < -0.4 is 0 Å². The van der Waals surface area contributed by atoms with E-state index >= 15 is 0 Å². The predicted octanol–water partition coefficient (Wildman–Crippen LogP) is 14.1. The first-order valence-corrected chi connectivity index (χ1v) is 21.7. The SMILES string of the molecule is N#Cc1ccc(-c2ccc3c(c2)c2ccccc2n3-c2ccc(-c3ccc4c5ccccc5n(-c5ccccc5)c4c3)cc2-c2nc(-c3ccccc3)nc(-c3ccccc3)n2)c(C#N)c1. The first-order valence-electron chi connectivity index (χ1n) is 21.7. The van der Waals surface area contributed by atoms with Gasteiger partial charge >= 0.3 is 0 Å². The third kappa shape index (κ3) is 6.39. The maximum atomic E-state index is 10.1. The lowest BCUT2D eigenvalue weighted by molar-refractivity contribution is 1.06. The molecule has 0 unspecified atom stereocenters. The molecule has 0 saturated heterocycles. The molecule has 0 atom stereocenters. The lowest BCUT2D eigenvalue weighted by Crippen LogP contribution is -2.04. The Morgan fingerprint density at radius 3 is 1.56 bits per heavy atom. The van der Waals surface area contributed by atoms with Crippen molar-refractivity contribution < 1.29 is 0 Å². The van der Waals surface area contributed by atoms with E-state index < -0.39 is 0 Å². The van der Waals surface area contributed by atoms with E-state index in [4.69, 9.17) is 15.0 Å². The second kappa shape index (κ2) is 15.7. The van der Waals surface area contributed by atoms with Crippen LogP contribution in [0.5, 0.6) is 0 Å². The molecular weight excluding hydrogens is 807 g/mol. The minimum absolute atomic E-state index is 0.451. The van der Waals surface area contributed by atoms with E-state index in [-0.39, 0.29) is 0 Å². The molecule has 12 aromatic rings. The predicted molar refractivity (Wildman–Crippen MR) is 265 cm³/mol. The van der Waals surface area contributed by atoms with Crippen molar-refractivity contribution in [3.8, 4) is 79.9 Å². The molecule has 12 rings (SSSR count). The van der Waals surface area contributed by atoms with Gasteiger partial charge in [-0.25, -0.2) is 15.0 Å². The van der Waals surface area contributed by atoms with Gasteiger partial charge in [-0.2, -0.15) is 10.5 Å². The Hall–Kier alpha value is -9.43. The van der Waals surface area contributed by atoms with E-state index in [0.29, 0.717) is 28.6 Å². The van der Waals surface area contributed by atoms with Crippen LogP contribution in [0.4, 0.5) is 0 Å².